The number of aromatic nitrogens is 4. The van der Waals surface area contributed by atoms with Crippen LogP contribution in [0.5, 0.6) is 5.75 Å². The number of nitrogens with zero attached hydrogens (tertiary/aromatic N) is 7. The fraction of sp³-hybridized carbons (Fsp3) is 0.407. The van der Waals surface area contributed by atoms with Crippen molar-refractivity contribution in [3.8, 4) is 16.9 Å². The Morgan fingerprint density at radius 1 is 0.853 bits per heavy atom. The molecule has 3 amide bonds. The Labute approximate surface area is 442 Å². The summed E-state index contributed by atoms with van der Waals surface area (Å²) in [7, 11) is 1.92. The lowest BCUT2D eigenvalue weighted by atomic mass is 9.80. The molecule has 3 aliphatic rings. The molecule has 0 saturated carbocycles. The number of piperidine rings is 1. The van der Waals surface area contributed by atoms with E-state index in [1.165, 1.54) is 36.3 Å². The fourth-order valence-corrected chi connectivity index (χ4v) is 11.9. The van der Waals surface area contributed by atoms with Crippen molar-refractivity contribution in [2.45, 2.75) is 103 Å². The van der Waals surface area contributed by atoms with E-state index in [2.05, 4.69) is 75.4 Å². The monoisotopic (exact) mass is 1030 g/mol. The molecule has 16 heteroatoms. The van der Waals surface area contributed by atoms with Crippen molar-refractivity contribution in [1.82, 2.24) is 30.0 Å². The lowest BCUT2D eigenvalue weighted by Gasteiger charge is -2.36. The summed E-state index contributed by atoms with van der Waals surface area (Å²) in [5.74, 6) is -0.898. The highest BCUT2D eigenvalue weighted by atomic mass is 32.1. The Kier molecular flexibility index (Phi) is 15.0. The van der Waals surface area contributed by atoms with Crippen LogP contribution in [0.2, 0.25) is 0 Å². The van der Waals surface area contributed by atoms with Gasteiger partial charge in [0, 0.05) is 74.9 Å². The van der Waals surface area contributed by atoms with Crippen molar-refractivity contribution < 1.29 is 29.0 Å². The Morgan fingerprint density at radius 3 is 2.40 bits per heavy atom. The maximum Gasteiger partial charge on any atom is 0.355 e. The van der Waals surface area contributed by atoms with E-state index in [1.807, 2.05) is 79.3 Å². The number of carbonyl (C=O) groups excluding carboxylic acids is 3. The second-order valence-electron chi connectivity index (χ2n) is 21.3. The second-order valence-corrected chi connectivity index (χ2v) is 22.3. The summed E-state index contributed by atoms with van der Waals surface area (Å²) in [6, 6.07) is 27.9. The number of fused-ring (bicyclic) bond motifs is 3. The number of carboxylic acids is 1. The van der Waals surface area contributed by atoms with Crippen molar-refractivity contribution in [1.29, 1.82) is 0 Å². The molecule has 7 aromatic rings. The minimum Gasteiger partial charge on any atom is -0.493 e. The van der Waals surface area contributed by atoms with Crippen molar-refractivity contribution in [2.75, 3.05) is 61.0 Å². The van der Waals surface area contributed by atoms with Gasteiger partial charge >= 0.3 is 5.97 Å². The van der Waals surface area contributed by atoms with E-state index in [4.69, 9.17) is 14.8 Å². The van der Waals surface area contributed by atoms with Crippen molar-refractivity contribution in [3.05, 3.63) is 124 Å². The number of imide groups is 1. The topological polar surface area (TPSA) is 175 Å². The van der Waals surface area contributed by atoms with Crippen LogP contribution in [-0.4, -0.2) is 99.3 Å². The molecule has 3 aromatic heterocycles. The van der Waals surface area contributed by atoms with Gasteiger partial charge in [0.05, 0.1) is 34.0 Å². The number of hydrogen-bond acceptors (Lipinski definition) is 12. The average Bonchev–Trinajstić information content (AvgIpc) is 3.97. The van der Waals surface area contributed by atoms with Gasteiger partial charge in [-0.15, -0.1) is 0 Å². The van der Waals surface area contributed by atoms with E-state index < -0.39 is 17.3 Å². The number of benzene rings is 4. The van der Waals surface area contributed by atoms with Crippen LogP contribution in [0, 0.1) is 6.92 Å². The minimum absolute atomic E-state index is 0.00354. The first-order valence-corrected chi connectivity index (χ1v) is 27.3. The van der Waals surface area contributed by atoms with E-state index in [-0.39, 0.29) is 23.4 Å². The number of piperazine rings is 1. The van der Waals surface area contributed by atoms with Gasteiger partial charge in [0.25, 0.3) is 5.91 Å². The lowest BCUT2D eigenvalue weighted by molar-refractivity contribution is -0.134. The molecule has 1 atom stereocenters. The third kappa shape index (κ3) is 11.1. The first-order valence-electron chi connectivity index (χ1n) is 26.5. The molecule has 3 aliphatic heterocycles. The molecule has 10 rings (SSSR count). The second kappa shape index (κ2) is 22.0. The van der Waals surface area contributed by atoms with Crippen molar-refractivity contribution in [3.63, 3.8) is 0 Å². The molecule has 6 heterocycles. The Morgan fingerprint density at radius 2 is 1.63 bits per heavy atom. The van der Waals surface area contributed by atoms with Gasteiger partial charge in [-0.05, 0) is 121 Å². The number of rotatable bonds is 17. The molecular formula is C59H67N9O6S. The zero-order valence-electron chi connectivity index (χ0n) is 43.7. The molecule has 0 aliphatic carbocycles. The van der Waals surface area contributed by atoms with Gasteiger partial charge < -0.3 is 19.6 Å². The smallest absolute Gasteiger partial charge is 0.355 e. The molecule has 15 nitrogen and oxygen atoms in total. The molecule has 2 saturated heterocycles. The quantitative estimate of drug-likeness (QED) is 0.0582. The molecular weight excluding hydrogens is 963 g/mol. The summed E-state index contributed by atoms with van der Waals surface area (Å²) in [5.41, 5.74) is 9.01. The third-order valence-electron chi connectivity index (χ3n) is 15.2. The van der Waals surface area contributed by atoms with Gasteiger partial charge in [-0.2, -0.15) is 5.10 Å². The van der Waals surface area contributed by atoms with Crippen LogP contribution in [0.3, 0.4) is 0 Å². The molecule has 390 valence electrons. The first kappa shape index (κ1) is 51.3. The van der Waals surface area contributed by atoms with Gasteiger partial charge in [-0.3, -0.25) is 34.6 Å². The average molecular weight is 1030 g/mol. The first-order chi connectivity index (χ1) is 36.2. The normalized spacial score (nSPS) is 16.4. The predicted octanol–water partition coefficient (Wildman–Crippen LogP) is 10.4. The number of hydrogen-bond donors (Lipinski definition) is 3. The molecule has 0 spiro atoms. The molecule has 0 radical (unpaired) electrons. The Bertz CT molecular complexity index is 3260. The molecule has 1 unspecified atom stereocenters. The van der Waals surface area contributed by atoms with Crippen molar-refractivity contribution in [2.24, 2.45) is 7.05 Å². The molecule has 0 bridgehead atoms. The van der Waals surface area contributed by atoms with Gasteiger partial charge in [0.2, 0.25) is 11.8 Å². The number of carbonyl (C=O) groups is 4. The number of aromatic carboxylic acids is 1. The maximum atomic E-state index is 13.8. The number of nitrogens with one attached hydrogen (secondary N) is 2. The van der Waals surface area contributed by atoms with E-state index in [9.17, 15) is 24.3 Å². The largest absolute Gasteiger partial charge is 0.493 e. The SMILES string of the molecule is Cc1c(OCCCCCCCCN2CCN(c3ccc4c(C5CCC(=O)NC5=O)nn(C)c4c3)CC2)cccc1-c1c(C(C)(C)C)cc(N2CCc3cccc(C(=O)Nc4nc5ccccc5s4)c3C2)nc1C(=O)O. The Hall–Kier alpha value is -7.17. The number of ether oxygens (including phenoxy) is 1. The molecule has 4 aromatic carbocycles. The van der Waals surface area contributed by atoms with Crippen LogP contribution in [0.25, 0.3) is 32.2 Å². The van der Waals surface area contributed by atoms with Crippen LogP contribution >= 0.6 is 11.3 Å². The summed E-state index contributed by atoms with van der Waals surface area (Å²) in [6.07, 6.45) is 8.21. The number of pyridine rings is 1. The highest BCUT2D eigenvalue weighted by Gasteiger charge is 2.33. The van der Waals surface area contributed by atoms with E-state index in [0.717, 1.165) is 112 Å². The number of thiazole rings is 1. The summed E-state index contributed by atoms with van der Waals surface area (Å²) >= 11 is 1.44. The number of para-hydroxylation sites is 1. The number of aryl methyl sites for hydroxylation is 1. The number of amides is 3. The predicted molar refractivity (Wildman–Crippen MR) is 297 cm³/mol. The van der Waals surface area contributed by atoms with E-state index in [0.29, 0.717) is 61.0 Å². The number of anilines is 3. The van der Waals surface area contributed by atoms with Crippen LogP contribution in [0.4, 0.5) is 16.6 Å². The van der Waals surface area contributed by atoms with Gasteiger partial charge in [0.1, 0.15) is 11.6 Å². The summed E-state index contributed by atoms with van der Waals surface area (Å²) in [5, 5.41) is 22.6. The van der Waals surface area contributed by atoms with Crippen LogP contribution in [-0.2, 0) is 35.0 Å². The van der Waals surface area contributed by atoms with E-state index in [1.54, 1.807) is 0 Å². The van der Waals surface area contributed by atoms with Gasteiger partial charge in [-0.1, -0.05) is 94.2 Å². The molecule has 2 fully saturated rings. The summed E-state index contributed by atoms with van der Waals surface area (Å²) < 4.78 is 9.27. The summed E-state index contributed by atoms with van der Waals surface area (Å²) in [6.45, 7) is 15.0. The highest BCUT2D eigenvalue weighted by Crippen LogP contribution is 2.42. The van der Waals surface area contributed by atoms with Crippen LogP contribution < -0.4 is 25.2 Å². The minimum atomic E-state index is -1.10. The maximum absolute atomic E-state index is 13.8. The zero-order valence-corrected chi connectivity index (χ0v) is 44.5. The number of unbranched alkanes of at least 4 members (excludes halogenated alkanes) is 5. The van der Waals surface area contributed by atoms with Gasteiger partial charge in [0.15, 0.2) is 10.8 Å². The van der Waals surface area contributed by atoms with E-state index >= 15 is 0 Å². The number of carboxylic acid groups (broad SMARTS) is 1. The zero-order chi connectivity index (χ0) is 52.4. The van der Waals surface area contributed by atoms with Crippen LogP contribution in [0.15, 0.2) is 84.9 Å². The van der Waals surface area contributed by atoms with Crippen molar-refractivity contribution >= 4 is 72.8 Å². The molecule has 75 heavy (non-hydrogen) atoms. The Balaban J connectivity index is 0.706. The standard InChI is InChI=1S/C59H67N9O6S/c1-37-40(52-45(59(2,3)4)35-50(61-54(52)57(72)73)68-28-26-38-16-14-18-41(44(38)36-68)55(70)63-58-60-46-19-10-11-21-49(46)75-58)17-15-20-48(37)74-33-13-9-7-6-8-12-27-66-29-31-67(32-30-66)39-22-23-42-47(34-39)65(5)64-53(42)43-24-25-51(69)62-56(43)71/h10-11,14-23,34-35,43H,6-9,12-13,24-33,36H2,1-5H3,(H,72,73)(H,60,63,70)(H,62,69,71). The van der Waals surface area contributed by atoms with Gasteiger partial charge in [-0.25, -0.2) is 14.8 Å². The summed E-state index contributed by atoms with van der Waals surface area (Å²) in [4.78, 5) is 68.0. The molecule has 3 N–H and O–H groups in total. The third-order valence-corrected chi connectivity index (χ3v) is 16.2. The lowest BCUT2D eigenvalue weighted by Crippen LogP contribution is -2.46. The van der Waals surface area contributed by atoms with Crippen LogP contribution in [0.1, 0.15) is 127 Å². The highest BCUT2D eigenvalue weighted by molar-refractivity contribution is 7.22. The fourth-order valence-electron chi connectivity index (χ4n) is 11.1.